The number of hydrogen-bond acceptors (Lipinski definition) is 15. The van der Waals surface area contributed by atoms with Crippen LogP contribution in [-0.2, 0) is 45.4 Å². The molecule has 0 amide bonds. The molecule has 0 saturated heterocycles. The largest absolute Gasteiger partial charge is 3.00 e. The summed E-state index contributed by atoms with van der Waals surface area (Å²) < 4.78 is 120. The van der Waals surface area contributed by atoms with Crippen LogP contribution < -0.4 is 0 Å². The fourth-order valence-electron chi connectivity index (χ4n) is 12.6. The van der Waals surface area contributed by atoms with Crippen molar-refractivity contribution in [3.05, 3.63) is 0 Å². The zero-order valence-electron chi connectivity index (χ0n) is 69.7. The zero-order chi connectivity index (χ0) is 76.8. The zero-order valence-corrected chi connectivity index (χ0v) is 74.4. The van der Waals surface area contributed by atoms with Gasteiger partial charge in [-0.1, -0.05) is 465 Å². The van der Waals surface area contributed by atoms with Gasteiger partial charge in [0, 0.05) is 70.8 Å². The summed E-state index contributed by atoms with van der Waals surface area (Å²) in [4.78, 5) is 0. The Bertz CT molecular complexity index is 1470. The molecular formula is C84H174Al2O15S3. The predicted molar refractivity (Wildman–Crippen MR) is 442 cm³/mol. The molecule has 0 aliphatic heterocycles. The summed E-state index contributed by atoms with van der Waals surface area (Å²) >= 11 is 0. The van der Waals surface area contributed by atoms with Crippen molar-refractivity contribution < 1.29 is 66.8 Å². The molecule has 0 aromatic carbocycles. The van der Waals surface area contributed by atoms with E-state index in [0.29, 0.717) is 0 Å². The van der Waals surface area contributed by atoms with Crippen molar-refractivity contribution in [1.82, 2.24) is 0 Å². The second kappa shape index (κ2) is 110. The van der Waals surface area contributed by atoms with Crippen LogP contribution in [0.15, 0.2) is 0 Å². The van der Waals surface area contributed by atoms with E-state index in [2.05, 4.69) is 41.5 Å². The van der Waals surface area contributed by atoms with Gasteiger partial charge < -0.3 is 41.5 Å². The van der Waals surface area contributed by atoms with Crippen LogP contribution in [0.4, 0.5) is 0 Å². The Morgan fingerprint density at radius 2 is 0.202 bits per heavy atom. The van der Waals surface area contributed by atoms with Gasteiger partial charge in [-0.3, -0.25) is 25.3 Å². The molecule has 0 aliphatic carbocycles. The minimum absolute atomic E-state index is 0. The average Bonchev–Trinajstić information content (AvgIpc) is 3.79. The standard InChI is InChI=1S/3C28H58O.2Al.3H2O4S/c3*1-3-5-7-9-11-13-15-17-19-21-23-25-27-29-28-26-24-22-20-18-16-14-12-10-8-6-4-2;;;3*1-5(2,3)4/h3*3-28H2,1-2H3;;;3*(H2,1,2,3,4)/q;;;2*+3;;;/p-6. The van der Waals surface area contributed by atoms with Gasteiger partial charge in [0.1, 0.15) is 0 Å². The summed E-state index contributed by atoms with van der Waals surface area (Å²) in [5.74, 6) is 0. The fourth-order valence-corrected chi connectivity index (χ4v) is 12.6. The van der Waals surface area contributed by atoms with Crippen molar-refractivity contribution in [3.63, 3.8) is 0 Å². The number of rotatable bonds is 78. The van der Waals surface area contributed by atoms with Gasteiger partial charge in [0.25, 0.3) is 0 Å². The molecule has 0 unspecified atom stereocenters. The van der Waals surface area contributed by atoms with E-state index < -0.39 is 31.2 Å². The van der Waals surface area contributed by atoms with Crippen LogP contribution in [0.3, 0.4) is 0 Å². The van der Waals surface area contributed by atoms with E-state index in [1.54, 1.807) is 0 Å². The molecule has 15 nitrogen and oxygen atoms in total. The van der Waals surface area contributed by atoms with Gasteiger partial charge in [-0.05, 0) is 38.5 Å². The fraction of sp³-hybridized carbons (Fsp3) is 1.00. The third-order valence-corrected chi connectivity index (χ3v) is 18.9. The van der Waals surface area contributed by atoms with E-state index in [-0.39, 0.29) is 34.7 Å². The number of ether oxygens (including phenoxy) is 3. The van der Waals surface area contributed by atoms with E-state index >= 15 is 0 Å². The Morgan fingerprint density at radius 3 is 0.269 bits per heavy atom. The van der Waals surface area contributed by atoms with Crippen LogP contribution in [0, 0.1) is 0 Å². The van der Waals surface area contributed by atoms with Gasteiger partial charge in [0.2, 0.25) is 0 Å². The summed E-state index contributed by atoms with van der Waals surface area (Å²) in [6, 6.07) is 0. The first-order valence-corrected chi connectivity index (χ1v) is 48.0. The summed E-state index contributed by atoms with van der Waals surface area (Å²) in [6.45, 7) is 19.7. The quantitative estimate of drug-likeness (QED) is 0.0237. The van der Waals surface area contributed by atoms with Crippen LogP contribution in [0.25, 0.3) is 0 Å². The van der Waals surface area contributed by atoms with E-state index in [1.807, 2.05) is 0 Å². The van der Waals surface area contributed by atoms with Gasteiger partial charge >= 0.3 is 34.7 Å². The monoisotopic (exact) mass is 1570 g/mol. The smallest absolute Gasteiger partial charge is 0.759 e. The number of unbranched alkanes of at least 4 members (excludes halogenated alkanes) is 66. The predicted octanol–water partition coefficient (Wildman–Crippen LogP) is 26.4. The molecule has 0 fully saturated rings. The van der Waals surface area contributed by atoms with Crippen LogP contribution in [-0.4, -0.2) is 127 Å². The van der Waals surface area contributed by atoms with Crippen molar-refractivity contribution in [2.45, 2.75) is 504 Å². The molecule has 104 heavy (non-hydrogen) atoms. The van der Waals surface area contributed by atoms with E-state index in [9.17, 15) is 0 Å². The Labute approximate surface area is 671 Å². The molecule has 0 heterocycles. The average molecular weight is 1570 g/mol. The summed E-state index contributed by atoms with van der Waals surface area (Å²) in [6.07, 6.45) is 102. The third-order valence-electron chi connectivity index (χ3n) is 18.9. The first kappa shape index (κ1) is 120. The third kappa shape index (κ3) is 171. The van der Waals surface area contributed by atoms with Crippen LogP contribution in [0.2, 0.25) is 0 Å². The minimum Gasteiger partial charge on any atom is -0.759 e. The Balaban J connectivity index is -0.000000199. The maximum Gasteiger partial charge on any atom is 3.00 e. The Kier molecular flexibility index (Phi) is 127. The molecule has 0 atom stereocenters. The molecule has 0 radical (unpaired) electrons. The Hall–Kier alpha value is 0.555. The summed E-state index contributed by atoms with van der Waals surface area (Å²) in [5.41, 5.74) is 0. The van der Waals surface area contributed by atoms with Crippen molar-refractivity contribution in [3.8, 4) is 0 Å². The van der Waals surface area contributed by atoms with Gasteiger partial charge in [0.05, 0.1) is 0 Å². The molecule has 0 N–H and O–H groups in total. The van der Waals surface area contributed by atoms with Crippen molar-refractivity contribution >= 4 is 65.9 Å². The van der Waals surface area contributed by atoms with Crippen molar-refractivity contribution in [2.75, 3.05) is 39.6 Å². The molecule has 0 aromatic heterocycles. The molecule has 0 spiro atoms. The molecule has 0 bridgehead atoms. The molecule has 0 aliphatic rings. The summed E-state index contributed by atoms with van der Waals surface area (Å²) in [5, 5.41) is 0. The minimum atomic E-state index is -5.17. The van der Waals surface area contributed by atoms with Gasteiger partial charge in [-0.2, -0.15) is 0 Å². The SMILES string of the molecule is CCCCCCCCCCCCCCOCCCCCCCCCCCCCC.CCCCCCCCCCCCCCOCCCCCCCCCCCCCC.CCCCCCCCCCCCCCOCCCCCCCCCCCCCC.O=S(=O)([O-])[O-].O=S(=O)([O-])[O-].O=S(=O)([O-])[O-].[Al+3].[Al+3]. The second-order valence-corrected chi connectivity index (χ2v) is 31.8. The van der Waals surface area contributed by atoms with E-state index in [0.717, 1.165) is 39.6 Å². The normalized spacial score (nSPS) is 11.2. The maximum atomic E-state index is 8.52. The van der Waals surface area contributed by atoms with Gasteiger partial charge in [-0.15, -0.1) is 0 Å². The molecule has 0 saturated carbocycles. The van der Waals surface area contributed by atoms with E-state index in [1.165, 1.54) is 462 Å². The van der Waals surface area contributed by atoms with Gasteiger partial charge in [-0.25, -0.2) is 0 Å². The first-order chi connectivity index (χ1) is 49.2. The molecule has 0 rings (SSSR count). The summed E-state index contributed by atoms with van der Waals surface area (Å²) in [7, 11) is -15.5. The van der Waals surface area contributed by atoms with Crippen LogP contribution in [0.5, 0.6) is 0 Å². The molecular weight excluding hydrogens is 1400 g/mol. The van der Waals surface area contributed by atoms with Crippen molar-refractivity contribution in [2.24, 2.45) is 0 Å². The molecule has 20 heteroatoms. The number of hydrogen-bond donors (Lipinski definition) is 0. The second-order valence-electron chi connectivity index (χ2n) is 29.4. The van der Waals surface area contributed by atoms with E-state index in [4.69, 9.17) is 66.8 Å². The molecule has 0 aromatic rings. The maximum absolute atomic E-state index is 8.52. The van der Waals surface area contributed by atoms with Crippen LogP contribution >= 0.6 is 0 Å². The van der Waals surface area contributed by atoms with Crippen LogP contribution in [0.1, 0.15) is 504 Å². The van der Waals surface area contributed by atoms with Crippen molar-refractivity contribution in [1.29, 1.82) is 0 Å². The Morgan fingerprint density at radius 1 is 0.144 bits per heavy atom. The van der Waals surface area contributed by atoms with Gasteiger partial charge in [0.15, 0.2) is 0 Å². The topological polar surface area (TPSA) is 268 Å². The molecule has 624 valence electrons. The first-order valence-electron chi connectivity index (χ1n) is 44.0.